The van der Waals surface area contributed by atoms with Gasteiger partial charge >= 0.3 is 59.5 Å². The largest absolute Gasteiger partial charge is 0.460 e. The first-order chi connectivity index (χ1) is 15.0. The van der Waals surface area contributed by atoms with Gasteiger partial charge in [-0.15, -0.1) is 0 Å². The van der Waals surface area contributed by atoms with E-state index in [9.17, 15) is 88.2 Å². The molecule has 35 heavy (non-hydrogen) atoms. The number of hydrogen-bond acceptors (Lipinski definition) is 3. The Kier molecular flexibility index (Phi) is 7.16. The van der Waals surface area contributed by atoms with Crippen molar-refractivity contribution < 1.29 is 97.7 Å². The Hall–Kier alpha value is -1.90. The fourth-order valence-electron chi connectivity index (χ4n) is 1.91. The van der Waals surface area contributed by atoms with Crippen LogP contribution in [0, 0.1) is 0 Å². The maximum atomic E-state index is 13.5. The highest BCUT2D eigenvalue weighted by molar-refractivity contribution is 5.79. The topological polar surface area (TPSA) is 38.8 Å². The number of hydrogen-bond donors (Lipinski definition) is 0. The Balaban J connectivity index is 3.57. The van der Waals surface area contributed by atoms with Gasteiger partial charge in [-0.25, -0.2) is 4.79 Å². The highest BCUT2D eigenvalue weighted by Crippen LogP contribution is 2.65. The first kappa shape index (κ1) is 31.1. The molecule has 0 aromatic carbocycles. The predicted octanol–water partition coefficient (Wildman–Crippen LogP) is 5.57. The molecule has 1 unspecified atom stereocenters. The smallest absolute Gasteiger partial charge is 0.458 e. The molecule has 0 aromatic heterocycles. The van der Waals surface area contributed by atoms with Crippen molar-refractivity contribution in [3.63, 3.8) is 0 Å². The lowest BCUT2D eigenvalue weighted by Gasteiger charge is -2.43. The van der Waals surface area contributed by atoms with Crippen molar-refractivity contribution in [2.24, 2.45) is 0 Å². The van der Waals surface area contributed by atoms with Gasteiger partial charge in [0.25, 0.3) is 0 Å². The summed E-state index contributed by atoms with van der Waals surface area (Å²) in [7, 11) is 0. The lowest BCUT2D eigenvalue weighted by Crippen LogP contribution is -2.76. The van der Waals surface area contributed by atoms with Gasteiger partial charge in [-0.05, 0) is 0 Å². The Morgan fingerprint density at radius 3 is 1.14 bits per heavy atom. The molecule has 0 radical (unpaired) electrons. The van der Waals surface area contributed by atoms with Crippen LogP contribution < -0.4 is 0 Å². The molecule has 3 nitrogen and oxygen atoms in total. The standard InChI is InChI=1S/C13H5F19O3/c14-5(15,4(33)35-2-3-1-34-3)6(16,17)7(18,19)8(20,21)9(22,23)10(24,25)11(26,27)12(28,29)13(30,31)32/h3H,1-2H2. The van der Waals surface area contributed by atoms with Crippen LogP contribution in [0.3, 0.4) is 0 Å². The second kappa shape index (κ2) is 8.05. The van der Waals surface area contributed by atoms with Crippen molar-refractivity contribution in [2.75, 3.05) is 13.2 Å². The van der Waals surface area contributed by atoms with Crippen molar-refractivity contribution in [1.82, 2.24) is 0 Å². The second-order valence-electron chi connectivity index (χ2n) is 6.65. The van der Waals surface area contributed by atoms with Crippen LogP contribution in [0.2, 0.25) is 0 Å². The summed E-state index contributed by atoms with van der Waals surface area (Å²) >= 11 is 0. The Morgan fingerprint density at radius 2 is 0.857 bits per heavy atom. The van der Waals surface area contributed by atoms with E-state index >= 15 is 0 Å². The van der Waals surface area contributed by atoms with Crippen LogP contribution in [0.5, 0.6) is 0 Å². The Labute approximate surface area is 178 Å². The summed E-state index contributed by atoms with van der Waals surface area (Å²) in [5.41, 5.74) is 0. The quantitative estimate of drug-likeness (QED) is 0.196. The molecule has 1 fully saturated rings. The second-order valence-corrected chi connectivity index (χ2v) is 6.65. The van der Waals surface area contributed by atoms with Gasteiger partial charge in [-0.1, -0.05) is 0 Å². The zero-order chi connectivity index (χ0) is 28.5. The molecule has 0 N–H and O–H groups in total. The molecule has 0 aliphatic carbocycles. The third-order valence-electron chi connectivity index (χ3n) is 4.18. The molecule has 0 amide bonds. The summed E-state index contributed by atoms with van der Waals surface area (Å²) in [5.74, 6) is -72.3. The van der Waals surface area contributed by atoms with Crippen molar-refractivity contribution in [3.8, 4) is 0 Å². The van der Waals surface area contributed by atoms with E-state index in [0.29, 0.717) is 0 Å². The van der Waals surface area contributed by atoms with Gasteiger partial charge in [0.05, 0.1) is 6.61 Å². The molecule has 22 heteroatoms. The third-order valence-corrected chi connectivity index (χ3v) is 4.18. The van der Waals surface area contributed by atoms with Gasteiger partial charge < -0.3 is 9.47 Å². The molecule has 1 aliphatic heterocycles. The molecule has 0 bridgehead atoms. The molecule has 0 saturated carbocycles. The predicted molar refractivity (Wildman–Crippen MR) is 66.3 cm³/mol. The minimum atomic E-state index is -9.03. The molecule has 1 atom stereocenters. The minimum Gasteiger partial charge on any atom is -0.458 e. The van der Waals surface area contributed by atoms with Crippen LogP contribution in [0.25, 0.3) is 0 Å². The summed E-state index contributed by atoms with van der Waals surface area (Å²) < 4.78 is 256. The van der Waals surface area contributed by atoms with Crippen LogP contribution >= 0.6 is 0 Å². The van der Waals surface area contributed by atoms with E-state index in [-0.39, 0.29) is 0 Å². The number of carbonyl (C=O) groups excluding carboxylic acids is 1. The number of epoxide rings is 1. The number of ether oxygens (including phenoxy) is 2. The summed E-state index contributed by atoms with van der Waals surface area (Å²) in [6.07, 6.45) is -9.24. The lowest BCUT2D eigenvalue weighted by molar-refractivity contribution is -0.467. The SMILES string of the molecule is O=C(OCC1CO1)C(F)(F)C(F)(F)C(F)(F)C(F)(F)C(F)(F)C(F)(F)C(F)(F)C(F)(F)C(F)(F)F. The van der Waals surface area contributed by atoms with E-state index in [1.165, 1.54) is 0 Å². The average molecular weight is 570 g/mol. The summed E-state index contributed by atoms with van der Waals surface area (Å²) in [4.78, 5) is 10.9. The normalized spacial score (nSPS) is 19.6. The maximum absolute atomic E-state index is 13.5. The zero-order valence-electron chi connectivity index (χ0n) is 15.4. The Morgan fingerprint density at radius 1 is 0.571 bits per heavy atom. The molecular formula is C13H5F19O3. The van der Waals surface area contributed by atoms with E-state index in [1.807, 2.05) is 0 Å². The van der Waals surface area contributed by atoms with E-state index in [0.717, 1.165) is 0 Å². The third kappa shape index (κ3) is 4.11. The van der Waals surface area contributed by atoms with Gasteiger partial charge in [-0.2, -0.15) is 83.4 Å². The Bertz CT molecular complexity index is 809. The van der Waals surface area contributed by atoms with Gasteiger partial charge in [0.1, 0.15) is 12.7 Å². The highest BCUT2D eigenvalue weighted by atomic mass is 19.4. The number of esters is 1. The van der Waals surface area contributed by atoms with E-state index in [2.05, 4.69) is 9.47 Å². The van der Waals surface area contributed by atoms with Gasteiger partial charge in [0.15, 0.2) is 0 Å². The van der Waals surface area contributed by atoms with Crippen LogP contribution in [-0.2, 0) is 14.3 Å². The van der Waals surface area contributed by atoms with E-state index < -0.39 is 78.8 Å². The van der Waals surface area contributed by atoms with Crippen LogP contribution in [0.15, 0.2) is 0 Å². The number of carbonyl (C=O) groups is 1. The molecule has 1 saturated heterocycles. The highest BCUT2D eigenvalue weighted by Gasteiger charge is 2.97. The average Bonchev–Trinajstić information content (AvgIpc) is 3.48. The molecule has 0 spiro atoms. The molecule has 1 aliphatic rings. The van der Waals surface area contributed by atoms with Gasteiger partial charge in [-0.3, -0.25) is 0 Å². The van der Waals surface area contributed by atoms with Crippen molar-refractivity contribution in [3.05, 3.63) is 0 Å². The van der Waals surface area contributed by atoms with E-state index in [4.69, 9.17) is 0 Å². The molecule has 0 aromatic rings. The fraction of sp³-hybridized carbons (Fsp3) is 0.923. The lowest BCUT2D eigenvalue weighted by atomic mass is 9.87. The summed E-state index contributed by atoms with van der Waals surface area (Å²) in [5, 5.41) is 0. The maximum Gasteiger partial charge on any atom is 0.460 e. The van der Waals surface area contributed by atoms with Crippen molar-refractivity contribution in [2.45, 2.75) is 59.7 Å². The molecule has 1 rings (SSSR count). The summed E-state index contributed by atoms with van der Waals surface area (Å²) in [6.45, 7) is -1.85. The first-order valence-corrected chi connectivity index (χ1v) is 7.88. The van der Waals surface area contributed by atoms with Gasteiger partial charge in [0, 0.05) is 0 Å². The molecular weight excluding hydrogens is 565 g/mol. The minimum absolute atomic E-state index is 0.401. The summed E-state index contributed by atoms with van der Waals surface area (Å²) in [6, 6.07) is 0. The first-order valence-electron chi connectivity index (χ1n) is 7.88. The van der Waals surface area contributed by atoms with Crippen molar-refractivity contribution >= 4 is 5.97 Å². The van der Waals surface area contributed by atoms with Crippen molar-refractivity contribution in [1.29, 1.82) is 0 Å². The fourth-order valence-corrected chi connectivity index (χ4v) is 1.91. The van der Waals surface area contributed by atoms with Crippen LogP contribution in [0.4, 0.5) is 83.4 Å². The number of halogens is 19. The number of alkyl halides is 19. The molecule has 1 heterocycles. The van der Waals surface area contributed by atoms with Gasteiger partial charge in [0.2, 0.25) is 0 Å². The molecule has 208 valence electrons. The van der Waals surface area contributed by atoms with Crippen LogP contribution in [-0.4, -0.2) is 78.8 Å². The van der Waals surface area contributed by atoms with E-state index in [1.54, 1.807) is 0 Å². The van der Waals surface area contributed by atoms with Crippen LogP contribution in [0.1, 0.15) is 0 Å². The zero-order valence-corrected chi connectivity index (χ0v) is 15.4. The number of rotatable bonds is 10. The monoisotopic (exact) mass is 570 g/mol.